The molecule has 1 atom stereocenters. The molecule has 1 rings (SSSR count). The van der Waals surface area contributed by atoms with Gasteiger partial charge in [0.1, 0.15) is 0 Å². The van der Waals surface area contributed by atoms with Gasteiger partial charge in [-0.2, -0.15) is 0 Å². The summed E-state index contributed by atoms with van der Waals surface area (Å²) in [4.78, 5) is 10.5. The zero-order valence-corrected chi connectivity index (χ0v) is 6.31. The number of rotatable bonds is 2. The molecule has 1 unspecified atom stereocenters. The highest BCUT2D eigenvalue weighted by molar-refractivity contribution is 5.74. The predicted octanol–water partition coefficient (Wildman–Crippen LogP) is 0.463. The Morgan fingerprint density at radius 1 is 1.60 bits per heavy atom. The second kappa shape index (κ2) is 3.01. The summed E-state index contributed by atoms with van der Waals surface area (Å²) in [5.41, 5.74) is 0. The van der Waals surface area contributed by atoms with Crippen LogP contribution in [-0.2, 0) is 9.53 Å². The largest absolute Gasteiger partial charge is 0.376 e. The van der Waals surface area contributed by atoms with Crippen LogP contribution >= 0.6 is 0 Å². The normalized spacial score (nSPS) is 24.1. The Morgan fingerprint density at radius 3 is 2.50 bits per heavy atom. The number of carbonyl (C=O) groups excluding carboxylic acids is 1. The predicted molar refractivity (Wildman–Crippen MR) is 37.1 cm³/mol. The second-order valence-electron chi connectivity index (χ2n) is 2.51. The highest BCUT2D eigenvalue weighted by Gasteiger charge is 2.25. The van der Waals surface area contributed by atoms with Crippen LogP contribution in [0.4, 0.5) is 0 Å². The van der Waals surface area contributed by atoms with Crippen LogP contribution in [0.2, 0.25) is 0 Å². The van der Waals surface area contributed by atoms with Crippen molar-refractivity contribution in [3.63, 3.8) is 0 Å². The zero-order chi connectivity index (χ0) is 7.56. The van der Waals surface area contributed by atoms with E-state index in [2.05, 4.69) is 5.32 Å². The summed E-state index contributed by atoms with van der Waals surface area (Å²) in [6.07, 6.45) is 1.20. The molecule has 1 amide bonds. The third-order valence-electron chi connectivity index (χ3n) is 1.56. The van der Waals surface area contributed by atoms with E-state index in [1.165, 1.54) is 6.92 Å². The SMILES string of the molecule is C[C](NC(C)=O)C1CCO1. The Bertz CT molecular complexity index is 132. The first-order valence-electron chi connectivity index (χ1n) is 3.43. The van der Waals surface area contributed by atoms with E-state index >= 15 is 0 Å². The molecule has 0 saturated carbocycles. The molecule has 1 fully saturated rings. The molecule has 0 spiro atoms. The first-order chi connectivity index (χ1) is 4.70. The number of nitrogens with one attached hydrogen (secondary N) is 1. The van der Waals surface area contributed by atoms with Crippen molar-refractivity contribution < 1.29 is 9.53 Å². The minimum atomic E-state index is -0.0204. The lowest BCUT2D eigenvalue weighted by molar-refractivity contribution is -0.120. The molecule has 1 aliphatic rings. The molecule has 0 aromatic rings. The highest BCUT2D eigenvalue weighted by atomic mass is 16.5. The summed E-state index contributed by atoms with van der Waals surface area (Å²) in [5.74, 6) is -0.0204. The van der Waals surface area contributed by atoms with Crippen LogP contribution in [0.1, 0.15) is 20.3 Å². The van der Waals surface area contributed by atoms with Crippen molar-refractivity contribution >= 4 is 5.91 Å². The molecule has 57 valence electrons. The molecule has 3 nitrogen and oxygen atoms in total. The summed E-state index contributed by atoms with van der Waals surface area (Å²) in [6.45, 7) is 4.20. The molecule has 0 aromatic heterocycles. The molecule has 1 N–H and O–H groups in total. The van der Waals surface area contributed by atoms with E-state index in [9.17, 15) is 4.79 Å². The quantitative estimate of drug-likeness (QED) is 0.608. The lowest BCUT2D eigenvalue weighted by atomic mass is 10.1. The first kappa shape index (κ1) is 7.54. The Morgan fingerprint density at radius 2 is 2.20 bits per heavy atom. The first-order valence-corrected chi connectivity index (χ1v) is 3.43. The van der Waals surface area contributed by atoms with Gasteiger partial charge >= 0.3 is 0 Å². The molecule has 1 saturated heterocycles. The zero-order valence-electron chi connectivity index (χ0n) is 6.31. The van der Waals surface area contributed by atoms with Gasteiger partial charge in [0.05, 0.1) is 12.1 Å². The van der Waals surface area contributed by atoms with E-state index in [0.717, 1.165) is 19.1 Å². The van der Waals surface area contributed by atoms with E-state index in [4.69, 9.17) is 4.74 Å². The third kappa shape index (κ3) is 1.70. The van der Waals surface area contributed by atoms with E-state index < -0.39 is 0 Å². The van der Waals surface area contributed by atoms with Crippen LogP contribution in [0.25, 0.3) is 0 Å². The third-order valence-corrected chi connectivity index (χ3v) is 1.56. The van der Waals surface area contributed by atoms with Gasteiger partial charge in [0.2, 0.25) is 5.91 Å². The fourth-order valence-electron chi connectivity index (χ4n) is 0.935. The number of hydrogen-bond acceptors (Lipinski definition) is 2. The molecule has 0 aromatic carbocycles. The van der Waals surface area contributed by atoms with E-state index in [1.807, 2.05) is 6.92 Å². The summed E-state index contributed by atoms with van der Waals surface area (Å²) in [6, 6.07) is 0.929. The molecule has 0 aliphatic carbocycles. The average Bonchev–Trinajstić information content (AvgIpc) is 1.55. The minimum Gasteiger partial charge on any atom is -0.376 e. The molecular formula is C7H12NO2. The van der Waals surface area contributed by atoms with Gasteiger partial charge < -0.3 is 10.1 Å². The van der Waals surface area contributed by atoms with Crippen molar-refractivity contribution in [3.05, 3.63) is 6.04 Å². The van der Waals surface area contributed by atoms with Gasteiger partial charge in [0.15, 0.2) is 0 Å². The molecule has 1 heterocycles. The van der Waals surface area contributed by atoms with E-state index in [-0.39, 0.29) is 12.0 Å². The lowest BCUT2D eigenvalue weighted by Gasteiger charge is -2.31. The summed E-state index contributed by atoms with van der Waals surface area (Å²) >= 11 is 0. The van der Waals surface area contributed by atoms with Gasteiger partial charge in [-0.15, -0.1) is 0 Å². The monoisotopic (exact) mass is 142 g/mol. The maximum atomic E-state index is 10.5. The molecular weight excluding hydrogens is 130 g/mol. The van der Waals surface area contributed by atoms with Crippen molar-refractivity contribution in [3.8, 4) is 0 Å². The molecule has 10 heavy (non-hydrogen) atoms. The molecule has 1 aliphatic heterocycles. The van der Waals surface area contributed by atoms with Crippen LogP contribution < -0.4 is 5.32 Å². The fraction of sp³-hybridized carbons (Fsp3) is 0.714. The van der Waals surface area contributed by atoms with Crippen molar-refractivity contribution in [1.82, 2.24) is 5.32 Å². The van der Waals surface area contributed by atoms with E-state index in [1.54, 1.807) is 0 Å². The van der Waals surface area contributed by atoms with Gasteiger partial charge in [0.25, 0.3) is 0 Å². The van der Waals surface area contributed by atoms with Crippen molar-refractivity contribution in [1.29, 1.82) is 0 Å². The Labute approximate surface area is 60.7 Å². The number of ether oxygens (including phenoxy) is 1. The van der Waals surface area contributed by atoms with Crippen LogP contribution in [0.15, 0.2) is 0 Å². The molecule has 0 bridgehead atoms. The highest BCUT2D eigenvalue weighted by Crippen LogP contribution is 2.19. The summed E-state index contributed by atoms with van der Waals surface area (Å²) in [5, 5.41) is 2.70. The topological polar surface area (TPSA) is 38.3 Å². The van der Waals surface area contributed by atoms with Crippen LogP contribution in [0, 0.1) is 6.04 Å². The van der Waals surface area contributed by atoms with Crippen molar-refractivity contribution in [2.24, 2.45) is 0 Å². The maximum absolute atomic E-state index is 10.5. The number of amides is 1. The molecule has 3 heteroatoms. The van der Waals surface area contributed by atoms with Gasteiger partial charge in [-0.25, -0.2) is 0 Å². The van der Waals surface area contributed by atoms with Gasteiger partial charge in [-0.05, 0) is 13.3 Å². The maximum Gasteiger partial charge on any atom is 0.217 e. The number of carbonyl (C=O) groups is 1. The van der Waals surface area contributed by atoms with Gasteiger partial charge in [-0.3, -0.25) is 4.79 Å². The fourth-order valence-corrected chi connectivity index (χ4v) is 0.935. The number of hydrogen-bond donors (Lipinski definition) is 1. The van der Waals surface area contributed by atoms with E-state index in [0.29, 0.717) is 0 Å². The van der Waals surface area contributed by atoms with Crippen LogP contribution in [0.5, 0.6) is 0 Å². The van der Waals surface area contributed by atoms with Crippen molar-refractivity contribution in [2.75, 3.05) is 6.61 Å². The summed E-state index contributed by atoms with van der Waals surface area (Å²) < 4.78 is 5.14. The van der Waals surface area contributed by atoms with Gasteiger partial charge in [0, 0.05) is 13.5 Å². The second-order valence-corrected chi connectivity index (χ2v) is 2.51. The average molecular weight is 142 g/mol. The Hall–Kier alpha value is -0.570. The smallest absolute Gasteiger partial charge is 0.217 e. The lowest BCUT2D eigenvalue weighted by Crippen LogP contribution is -2.40. The Balaban J connectivity index is 2.19. The van der Waals surface area contributed by atoms with Crippen LogP contribution in [-0.4, -0.2) is 18.6 Å². The van der Waals surface area contributed by atoms with Crippen LogP contribution in [0.3, 0.4) is 0 Å². The van der Waals surface area contributed by atoms with Crippen molar-refractivity contribution in [2.45, 2.75) is 26.4 Å². The minimum absolute atomic E-state index is 0.0204. The standard InChI is InChI=1S/C7H12NO2/c1-5(8-6(2)9)7-3-4-10-7/h7H,3-4H2,1-2H3,(H,8,9). The summed E-state index contributed by atoms with van der Waals surface area (Å²) in [7, 11) is 0. The molecule has 1 radical (unpaired) electrons. The Kier molecular flexibility index (Phi) is 2.27. The van der Waals surface area contributed by atoms with Gasteiger partial charge in [-0.1, -0.05) is 0 Å².